The van der Waals surface area contributed by atoms with Crippen LogP contribution in [0.1, 0.15) is 25.7 Å². The van der Waals surface area contributed by atoms with Crippen molar-refractivity contribution in [2.45, 2.75) is 31.3 Å². The Kier molecular flexibility index (Phi) is 3.64. The van der Waals surface area contributed by atoms with Gasteiger partial charge >= 0.3 is 0 Å². The molecule has 1 aromatic heterocycles. The number of anilines is 1. The van der Waals surface area contributed by atoms with Crippen molar-refractivity contribution in [3.63, 3.8) is 0 Å². The highest BCUT2D eigenvalue weighted by Gasteiger charge is 2.38. The quantitative estimate of drug-likeness (QED) is 0.899. The first-order valence-electron chi connectivity index (χ1n) is 5.60. The normalized spacial score (nSPS) is 17.3. The van der Waals surface area contributed by atoms with Crippen LogP contribution in [0.3, 0.4) is 0 Å². The third kappa shape index (κ3) is 2.96. The van der Waals surface area contributed by atoms with Crippen molar-refractivity contribution in [1.29, 1.82) is 0 Å². The predicted octanol–water partition coefficient (Wildman–Crippen LogP) is 2.63. The molecule has 0 aliphatic heterocycles. The maximum Gasteiger partial charge on any atom is 0.228 e. The van der Waals surface area contributed by atoms with E-state index in [2.05, 4.69) is 10.3 Å². The van der Waals surface area contributed by atoms with Gasteiger partial charge in [-0.1, -0.05) is 11.6 Å². The summed E-state index contributed by atoms with van der Waals surface area (Å²) in [4.78, 5) is 15.8. The number of carbonyl (C=O) groups is 1. The fourth-order valence-electron chi connectivity index (χ4n) is 1.98. The first-order valence-corrected chi connectivity index (χ1v) is 5.98. The molecule has 0 unspecified atom stereocenters. The highest BCUT2D eigenvalue weighted by molar-refractivity contribution is 6.30. The predicted molar refractivity (Wildman–Crippen MR) is 66.1 cm³/mol. The summed E-state index contributed by atoms with van der Waals surface area (Å²) < 4.78 is 5.40. The Morgan fingerprint density at radius 2 is 2.41 bits per heavy atom. The number of nitrogens with one attached hydrogen (secondary N) is 1. The summed E-state index contributed by atoms with van der Waals surface area (Å²) in [5.41, 5.74) is -0.261. The van der Waals surface area contributed by atoms with Gasteiger partial charge < -0.3 is 10.1 Å². The largest absolute Gasteiger partial charge is 0.378 e. The van der Waals surface area contributed by atoms with Crippen molar-refractivity contribution >= 4 is 23.3 Å². The van der Waals surface area contributed by atoms with Crippen molar-refractivity contribution in [2.24, 2.45) is 0 Å². The molecule has 0 saturated heterocycles. The second kappa shape index (κ2) is 5.02. The van der Waals surface area contributed by atoms with Crippen molar-refractivity contribution in [2.75, 3.05) is 12.4 Å². The van der Waals surface area contributed by atoms with E-state index in [0.29, 0.717) is 17.3 Å². The number of hydrogen-bond acceptors (Lipinski definition) is 3. The Labute approximate surface area is 105 Å². The molecule has 92 valence electrons. The molecule has 1 saturated carbocycles. The van der Waals surface area contributed by atoms with Crippen molar-refractivity contribution in [3.05, 3.63) is 23.4 Å². The molecule has 1 heterocycles. The maximum atomic E-state index is 11.8. The molecule has 0 radical (unpaired) electrons. The van der Waals surface area contributed by atoms with Crippen molar-refractivity contribution in [3.8, 4) is 0 Å². The number of carbonyl (C=O) groups excluding carboxylic acids is 1. The molecule has 0 bridgehead atoms. The van der Waals surface area contributed by atoms with Gasteiger partial charge in [0.25, 0.3) is 0 Å². The van der Waals surface area contributed by atoms with E-state index in [9.17, 15) is 4.79 Å². The fourth-order valence-corrected chi connectivity index (χ4v) is 2.14. The van der Waals surface area contributed by atoms with Crippen LogP contribution < -0.4 is 5.32 Å². The summed E-state index contributed by atoms with van der Waals surface area (Å²) in [7, 11) is 1.66. The van der Waals surface area contributed by atoms with Crippen LogP contribution >= 0.6 is 11.6 Å². The van der Waals surface area contributed by atoms with E-state index in [1.807, 2.05) is 0 Å². The van der Waals surface area contributed by atoms with Crippen molar-refractivity contribution < 1.29 is 9.53 Å². The number of pyridine rings is 1. The molecule has 2 rings (SSSR count). The molecule has 1 aromatic rings. The lowest BCUT2D eigenvalue weighted by molar-refractivity contribution is -0.129. The Balaban J connectivity index is 1.93. The topological polar surface area (TPSA) is 51.2 Å². The highest BCUT2D eigenvalue weighted by Crippen LogP contribution is 2.38. The number of rotatable bonds is 4. The number of aromatic nitrogens is 1. The third-order valence-corrected chi connectivity index (χ3v) is 3.41. The summed E-state index contributed by atoms with van der Waals surface area (Å²) in [6.45, 7) is 0. The average molecular weight is 255 g/mol. The first-order chi connectivity index (χ1) is 8.13. The van der Waals surface area contributed by atoms with Crippen LogP contribution in [0, 0.1) is 0 Å². The molecule has 5 heteroatoms. The number of hydrogen-bond donors (Lipinski definition) is 1. The summed E-state index contributed by atoms with van der Waals surface area (Å²) in [6.07, 6.45) is 4.95. The molecule has 1 amide bonds. The van der Waals surface area contributed by atoms with Crippen LogP contribution in [0.2, 0.25) is 5.02 Å². The SMILES string of the molecule is COC1(CC(=O)Nc2cc(Cl)ccn2)CCC1. The number of nitrogens with zero attached hydrogens (tertiary/aromatic N) is 1. The molecule has 0 aromatic carbocycles. The van der Waals surface area contributed by atoms with Crippen LogP contribution in [-0.4, -0.2) is 23.6 Å². The molecule has 1 aliphatic carbocycles. The molecule has 17 heavy (non-hydrogen) atoms. The van der Waals surface area contributed by atoms with Gasteiger partial charge in [-0.3, -0.25) is 4.79 Å². The van der Waals surface area contributed by atoms with E-state index in [-0.39, 0.29) is 11.5 Å². The van der Waals surface area contributed by atoms with Gasteiger partial charge in [-0.2, -0.15) is 0 Å². The van der Waals surface area contributed by atoms with Gasteiger partial charge in [0.05, 0.1) is 12.0 Å². The van der Waals surface area contributed by atoms with Gasteiger partial charge in [0.15, 0.2) is 0 Å². The number of ether oxygens (including phenoxy) is 1. The third-order valence-electron chi connectivity index (χ3n) is 3.17. The standard InChI is InChI=1S/C12H15ClN2O2/c1-17-12(4-2-5-12)8-11(16)15-10-7-9(13)3-6-14-10/h3,6-7H,2,4-5,8H2,1H3,(H,14,15,16). The van der Waals surface area contributed by atoms with Gasteiger partial charge in [0, 0.05) is 18.3 Å². The van der Waals surface area contributed by atoms with Crippen molar-refractivity contribution in [1.82, 2.24) is 4.98 Å². The first kappa shape index (κ1) is 12.3. The molecule has 1 N–H and O–H groups in total. The smallest absolute Gasteiger partial charge is 0.228 e. The zero-order valence-electron chi connectivity index (χ0n) is 9.70. The van der Waals surface area contributed by atoms with Crippen LogP contribution in [0.5, 0.6) is 0 Å². The maximum absolute atomic E-state index is 11.8. The van der Waals surface area contributed by atoms with E-state index >= 15 is 0 Å². The minimum Gasteiger partial charge on any atom is -0.378 e. The van der Waals surface area contributed by atoms with Gasteiger partial charge in [-0.25, -0.2) is 4.98 Å². The number of amides is 1. The average Bonchev–Trinajstić information content (AvgIpc) is 2.23. The molecule has 1 fully saturated rings. The number of halogens is 1. The van der Waals surface area contributed by atoms with Gasteiger partial charge in [0.2, 0.25) is 5.91 Å². The summed E-state index contributed by atoms with van der Waals surface area (Å²) >= 11 is 5.81. The van der Waals surface area contributed by atoms with E-state index in [4.69, 9.17) is 16.3 Å². The molecule has 4 nitrogen and oxygen atoms in total. The monoisotopic (exact) mass is 254 g/mol. The Morgan fingerprint density at radius 1 is 1.65 bits per heavy atom. The fraction of sp³-hybridized carbons (Fsp3) is 0.500. The lowest BCUT2D eigenvalue weighted by atomic mass is 9.77. The van der Waals surface area contributed by atoms with Crippen LogP contribution in [-0.2, 0) is 9.53 Å². The lowest BCUT2D eigenvalue weighted by Gasteiger charge is -2.39. The van der Waals surface area contributed by atoms with Crippen LogP contribution in [0.15, 0.2) is 18.3 Å². The molecular weight excluding hydrogens is 240 g/mol. The highest BCUT2D eigenvalue weighted by atomic mass is 35.5. The second-order valence-corrected chi connectivity index (χ2v) is 4.76. The lowest BCUT2D eigenvalue weighted by Crippen LogP contribution is -2.42. The number of methoxy groups -OCH3 is 1. The van der Waals surface area contributed by atoms with Gasteiger partial charge in [-0.15, -0.1) is 0 Å². The zero-order chi connectivity index (χ0) is 12.3. The summed E-state index contributed by atoms with van der Waals surface area (Å²) in [6, 6.07) is 3.29. The van der Waals surface area contributed by atoms with E-state index < -0.39 is 0 Å². The van der Waals surface area contributed by atoms with E-state index in [1.54, 1.807) is 25.4 Å². The van der Waals surface area contributed by atoms with Gasteiger partial charge in [-0.05, 0) is 31.4 Å². The minimum atomic E-state index is -0.261. The Bertz CT molecular complexity index is 413. The molecule has 0 spiro atoms. The molecule has 1 aliphatic rings. The van der Waals surface area contributed by atoms with E-state index in [0.717, 1.165) is 19.3 Å². The van der Waals surface area contributed by atoms with Crippen LogP contribution in [0.25, 0.3) is 0 Å². The minimum absolute atomic E-state index is 0.0821. The molecular formula is C12H15ClN2O2. The van der Waals surface area contributed by atoms with E-state index in [1.165, 1.54) is 0 Å². The Hall–Kier alpha value is -1.13. The summed E-state index contributed by atoms with van der Waals surface area (Å²) in [5, 5.41) is 3.28. The van der Waals surface area contributed by atoms with Crippen LogP contribution in [0.4, 0.5) is 5.82 Å². The van der Waals surface area contributed by atoms with Gasteiger partial charge in [0.1, 0.15) is 5.82 Å². The molecule has 0 atom stereocenters. The second-order valence-electron chi connectivity index (χ2n) is 4.32. The zero-order valence-corrected chi connectivity index (χ0v) is 10.5. The Morgan fingerprint density at radius 3 is 2.94 bits per heavy atom. The summed E-state index contributed by atoms with van der Waals surface area (Å²) in [5.74, 6) is 0.398.